The van der Waals surface area contributed by atoms with Gasteiger partial charge in [0.05, 0.1) is 0 Å². The summed E-state index contributed by atoms with van der Waals surface area (Å²) in [5.41, 5.74) is 3.98. The number of hydrogen-bond donors (Lipinski definition) is 0. The van der Waals surface area contributed by atoms with Crippen molar-refractivity contribution >= 4 is 0 Å². The van der Waals surface area contributed by atoms with Gasteiger partial charge in [0, 0.05) is 0 Å². The van der Waals surface area contributed by atoms with Gasteiger partial charge in [0.2, 0.25) is 0 Å². The molecular weight excluding hydrogens is 1490 g/mol. The molecule has 16 aliphatic carbocycles. The molecular formula is C124H246. The molecule has 0 saturated heterocycles. The van der Waals surface area contributed by atoms with Gasteiger partial charge in [-0.15, -0.1) is 0 Å². The zero-order valence-electron chi connectivity index (χ0n) is 94.8. The predicted octanol–water partition coefficient (Wildman–Crippen LogP) is 42.5. The van der Waals surface area contributed by atoms with Gasteiger partial charge in [-0.1, -0.05) is 452 Å². The smallest absolute Gasteiger partial charge is 0.0297 e. The number of hydrogen-bond acceptors (Lipinski definition) is 0. The minimum absolute atomic E-state index is 0.595. The highest BCUT2D eigenvalue weighted by atomic mass is 14.5. The second-order valence-corrected chi connectivity index (χ2v) is 55.4. The van der Waals surface area contributed by atoms with Crippen molar-refractivity contribution < 1.29 is 0 Å². The van der Waals surface area contributed by atoms with Gasteiger partial charge in [-0.3, -0.25) is 0 Å². The zero-order chi connectivity index (χ0) is 94.8. The van der Waals surface area contributed by atoms with Crippen molar-refractivity contribution in [2.24, 2.45) is 228 Å². The van der Waals surface area contributed by atoms with Crippen LogP contribution in [0.3, 0.4) is 0 Å². The van der Waals surface area contributed by atoms with Gasteiger partial charge < -0.3 is 0 Å². The molecule has 124 heavy (non-hydrogen) atoms. The highest BCUT2D eigenvalue weighted by Crippen LogP contribution is 2.57. The third-order valence-electron chi connectivity index (χ3n) is 41.5. The Morgan fingerprint density at radius 2 is 0.621 bits per heavy atom. The summed E-state index contributed by atoms with van der Waals surface area (Å²) in [6.07, 6.45) is 61.6. The minimum atomic E-state index is 0.595. The first-order valence-corrected chi connectivity index (χ1v) is 57.3. The Bertz CT molecular complexity index is 2440. The summed E-state index contributed by atoms with van der Waals surface area (Å²) in [4.78, 5) is 0. The molecule has 0 aromatic rings. The first-order valence-electron chi connectivity index (χ1n) is 57.3. The maximum atomic E-state index is 2.48. The van der Waals surface area contributed by atoms with Crippen LogP contribution in [-0.2, 0) is 0 Å². The van der Waals surface area contributed by atoms with Crippen LogP contribution < -0.4 is 0 Å². The summed E-state index contributed by atoms with van der Waals surface area (Å²) in [5.74, 6) is 33.0. The summed E-state index contributed by atoms with van der Waals surface area (Å²) in [6, 6.07) is 0. The van der Waals surface area contributed by atoms with Gasteiger partial charge >= 0.3 is 0 Å². The van der Waals surface area contributed by atoms with Crippen LogP contribution in [0.15, 0.2) is 0 Å². The Morgan fingerprint density at radius 3 is 0.782 bits per heavy atom. The second-order valence-electron chi connectivity index (χ2n) is 55.4. The van der Waals surface area contributed by atoms with E-state index in [1.165, 1.54) is 270 Å². The molecule has 0 aliphatic heterocycles. The lowest BCUT2D eigenvalue weighted by molar-refractivity contribution is 0.0302. The highest BCUT2D eigenvalue weighted by molar-refractivity contribution is 4.97. The van der Waals surface area contributed by atoms with Crippen molar-refractivity contribution in [3.05, 3.63) is 0 Å². The predicted molar refractivity (Wildman–Crippen MR) is 568 cm³/mol. The van der Waals surface area contributed by atoms with Crippen LogP contribution in [0, 0.1) is 228 Å². The molecule has 0 heteroatoms. The van der Waals surface area contributed by atoms with Crippen molar-refractivity contribution in [1.29, 1.82) is 0 Å². The van der Waals surface area contributed by atoms with Gasteiger partial charge in [0.1, 0.15) is 0 Å². The third-order valence-corrected chi connectivity index (χ3v) is 41.5. The molecule has 0 N–H and O–H groups in total. The van der Waals surface area contributed by atoms with Gasteiger partial charge in [0.25, 0.3) is 0 Å². The van der Waals surface area contributed by atoms with E-state index in [1.54, 1.807) is 0 Å². The van der Waals surface area contributed by atoms with Crippen LogP contribution in [0.25, 0.3) is 0 Å². The first-order chi connectivity index (χ1) is 57.3. The lowest BCUT2D eigenvalue weighted by Gasteiger charge is -2.45. The third kappa shape index (κ3) is 45.1. The number of fused-ring (bicyclic) bond motifs is 2. The Kier molecular flexibility index (Phi) is 56.6. The van der Waals surface area contributed by atoms with Crippen molar-refractivity contribution in [3.63, 3.8) is 0 Å². The van der Waals surface area contributed by atoms with Crippen molar-refractivity contribution in [1.82, 2.24) is 0 Å². The Balaban J connectivity index is 0.000000450. The lowest BCUT2D eigenvalue weighted by Crippen LogP contribution is -2.39. The molecule has 16 aliphatic rings. The van der Waals surface area contributed by atoms with Crippen LogP contribution >= 0.6 is 0 Å². The molecule has 16 rings (SSSR count). The van der Waals surface area contributed by atoms with Crippen LogP contribution in [0.4, 0.5) is 0 Å². The molecule has 742 valence electrons. The van der Waals surface area contributed by atoms with Crippen molar-refractivity contribution in [2.45, 2.75) is 567 Å². The average Bonchev–Trinajstić information content (AvgIpc) is 1.65. The van der Waals surface area contributed by atoms with E-state index in [0.29, 0.717) is 27.1 Å². The maximum Gasteiger partial charge on any atom is -0.0297 e. The second kappa shape index (κ2) is 58.4. The van der Waals surface area contributed by atoms with Crippen LogP contribution in [-0.4, -0.2) is 0 Å². The molecule has 0 aromatic carbocycles. The highest BCUT2D eigenvalue weighted by Gasteiger charge is 2.46. The van der Waals surface area contributed by atoms with E-state index in [4.69, 9.17) is 0 Å². The van der Waals surface area contributed by atoms with E-state index in [2.05, 4.69) is 298 Å². The monoisotopic (exact) mass is 1740 g/mol. The van der Waals surface area contributed by atoms with Crippen LogP contribution in [0.5, 0.6) is 0 Å². The molecule has 0 radical (unpaired) electrons. The standard InChI is InChI=1S/C9H16.3C9H18.11C8H16/c1-7-5-8-3-4-9(7,2)6-8;1-8-4-6-9(2,3)7-5-8;1-8-6-4-5-7-9(8,2)3;1-7-5-4-6-8(2)9(7)3;2*1-6-4-7(2)8(3)5-6;1-6(2)8-4-7(3)5-8;1-7-4-5-8(2,3)6-7;1-8(2,3)7-5-4-6-7;1-7-5-4-6-8(7,2)3;2*1-6-4-5-7(2)8(6)3;1-5-6(2)8(4)7(5)3;1-3-8-6-4-5-7(8)2;1-3-7(2)8-5-4-6-8/h7-8H,3-6H2,1-2H3;2*8H,4-7H2,1-3H3;7-9H,4-6H2,1-3H3;3*6-8H,4-5H2,1-3H3;3*7H,4-6H2,1-3H3;2*6-8H,4-5H2,1-3H3;5-8H,1-4H3;2*7-8H,3-6H2,1-2H3/t7-,8?,9?;;8-;;6?,7-,8?;;;;;;;;;;/m0.1.0........../s1. The lowest BCUT2D eigenvalue weighted by atomic mass is 9.60. The van der Waals surface area contributed by atoms with Gasteiger partial charge in [-0.05, 0) is 343 Å². The van der Waals surface area contributed by atoms with Crippen LogP contribution in [0.1, 0.15) is 567 Å². The van der Waals surface area contributed by atoms with E-state index >= 15 is 0 Å². The molecule has 16 saturated carbocycles. The van der Waals surface area contributed by atoms with E-state index in [0.717, 1.165) is 201 Å². The summed E-state index contributed by atoms with van der Waals surface area (Å²) in [7, 11) is 0. The minimum Gasteiger partial charge on any atom is -0.0651 e. The number of rotatable bonds is 4. The van der Waals surface area contributed by atoms with Gasteiger partial charge in [-0.2, -0.15) is 0 Å². The van der Waals surface area contributed by atoms with Crippen LogP contribution in [0.2, 0.25) is 0 Å². The Hall–Kier alpha value is 0. The molecule has 0 spiro atoms. The molecule has 0 nitrogen and oxygen atoms in total. The maximum absolute atomic E-state index is 2.48. The Labute approximate surface area is 790 Å². The Morgan fingerprint density at radius 1 is 0.266 bits per heavy atom. The zero-order valence-corrected chi connectivity index (χ0v) is 94.8. The SMILES string of the molecule is CC(C)(C)C1CCC1.CC1C(C)C(C)C1C.CC1CC(C(C)C)C1.CC1CC(C)C(C)C1.CC1CC(C)[C@@H](C)C1.CC1CCC(C)(C)C1.CC1CCC(C)(C)CC1.CC1CCC(C)C1C.CC1CCC(C)C1C.CC1CCCC(C)C1C.CC1CCCC1(C)C.CCC(C)C1CCC1.CCC1CCCC1C.C[C@@H]1CCCCC1(C)C.C[C@H]1CC2CCC1(C)C2. The molecule has 20 atom stereocenters. The molecule has 2 bridgehead atoms. The summed E-state index contributed by atoms with van der Waals surface area (Å²) >= 11 is 0. The molecule has 0 amide bonds. The fourth-order valence-electron chi connectivity index (χ4n) is 25.8. The molecule has 17 unspecified atom stereocenters. The van der Waals surface area contributed by atoms with E-state index in [9.17, 15) is 0 Å². The van der Waals surface area contributed by atoms with Gasteiger partial charge in [-0.25, -0.2) is 0 Å². The first kappa shape index (κ1) is 120. The van der Waals surface area contributed by atoms with Crippen molar-refractivity contribution in [2.75, 3.05) is 0 Å². The molecule has 0 heterocycles. The average molecular weight is 1740 g/mol. The summed E-state index contributed by atoms with van der Waals surface area (Å²) < 4.78 is 0. The quantitative estimate of drug-likeness (QED) is 0.263. The summed E-state index contributed by atoms with van der Waals surface area (Å²) in [5, 5.41) is 0. The van der Waals surface area contributed by atoms with Gasteiger partial charge in [0.15, 0.2) is 0 Å². The van der Waals surface area contributed by atoms with E-state index in [1.807, 2.05) is 0 Å². The summed E-state index contributed by atoms with van der Waals surface area (Å²) in [6.45, 7) is 102. The van der Waals surface area contributed by atoms with E-state index in [-0.39, 0.29) is 0 Å². The fraction of sp³-hybridized carbons (Fsp3) is 1.00. The van der Waals surface area contributed by atoms with E-state index < -0.39 is 0 Å². The molecule has 0 aromatic heterocycles. The molecule has 16 fully saturated rings. The fourth-order valence-corrected chi connectivity index (χ4v) is 25.8. The largest absolute Gasteiger partial charge is 0.0651 e. The topological polar surface area (TPSA) is 0 Å². The normalized spacial score (nSPS) is 40.4. The van der Waals surface area contributed by atoms with Crippen molar-refractivity contribution in [3.8, 4) is 0 Å².